The Balaban J connectivity index is 2.63. The van der Waals surface area contributed by atoms with E-state index >= 15 is 0 Å². The summed E-state index contributed by atoms with van der Waals surface area (Å²) >= 11 is 5.61. The second-order valence-corrected chi connectivity index (χ2v) is 4.28. The van der Waals surface area contributed by atoms with Gasteiger partial charge in [-0.25, -0.2) is 9.07 Å². The van der Waals surface area contributed by atoms with Gasteiger partial charge < -0.3 is 5.73 Å². The van der Waals surface area contributed by atoms with Crippen LogP contribution >= 0.6 is 11.6 Å². The lowest BCUT2D eigenvalue weighted by Crippen LogP contribution is -2.10. The van der Waals surface area contributed by atoms with Crippen LogP contribution in [-0.4, -0.2) is 14.7 Å². The summed E-state index contributed by atoms with van der Waals surface area (Å²) in [5, 5.41) is 13.5. The van der Waals surface area contributed by atoms with Crippen molar-refractivity contribution in [1.29, 1.82) is 0 Å². The maximum absolute atomic E-state index is 13.8. The molecule has 0 radical (unpaired) electrons. The Hall–Kier alpha value is -2.36. The highest BCUT2D eigenvalue weighted by molar-refractivity contribution is 6.32. The number of anilines is 1. The summed E-state index contributed by atoms with van der Waals surface area (Å²) in [5.74, 6) is -1.92. The van der Waals surface area contributed by atoms with Gasteiger partial charge in [0.2, 0.25) is 5.82 Å². The van der Waals surface area contributed by atoms with Crippen molar-refractivity contribution in [2.75, 3.05) is 5.73 Å². The van der Waals surface area contributed by atoms with E-state index in [1.54, 1.807) is 0 Å². The Bertz CT molecular complexity index is 705. The Labute approximate surface area is 118 Å². The van der Waals surface area contributed by atoms with Gasteiger partial charge in [-0.2, -0.15) is 18.3 Å². The van der Waals surface area contributed by atoms with Crippen molar-refractivity contribution in [2.45, 2.75) is 6.18 Å². The quantitative estimate of drug-likeness (QED) is 0.522. The molecule has 6 nitrogen and oxygen atoms in total. The van der Waals surface area contributed by atoms with E-state index in [9.17, 15) is 27.7 Å². The van der Waals surface area contributed by atoms with Gasteiger partial charge in [0.15, 0.2) is 5.82 Å². The number of halogens is 5. The van der Waals surface area contributed by atoms with Gasteiger partial charge in [-0.05, 0) is 12.1 Å². The van der Waals surface area contributed by atoms with Gasteiger partial charge in [0.25, 0.3) is 0 Å². The molecule has 0 saturated heterocycles. The van der Waals surface area contributed by atoms with Crippen molar-refractivity contribution < 1.29 is 22.5 Å². The van der Waals surface area contributed by atoms with Crippen LogP contribution in [0, 0.1) is 15.9 Å². The molecule has 0 aliphatic heterocycles. The van der Waals surface area contributed by atoms with Gasteiger partial charge in [0, 0.05) is 0 Å². The molecule has 112 valence electrons. The molecule has 2 rings (SSSR count). The van der Waals surface area contributed by atoms with Gasteiger partial charge >= 0.3 is 11.9 Å². The molecule has 0 amide bonds. The summed E-state index contributed by atoms with van der Waals surface area (Å²) in [6.07, 6.45) is -4.05. The molecular formula is C10H5ClF4N4O2. The highest BCUT2D eigenvalue weighted by Crippen LogP contribution is 2.36. The van der Waals surface area contributed by atoms with E-state index in [0.717, 1.165) is 6.20 Å². The van der Waals surface area contributed by atoms with E-state index in [2.05, 4.69) is 5.10 Å². The van der Waals surface area contributed by atoms with Crippen LogP contribution in [0.3, 0.4) is 0 Å². The van der Waals surface area contributed by atoms with Crippen molar-refractivity contribution in [3.05, 3.63) is 44.8 Å². The van der Waals surface area contributed by atoms with Crippen molar-refractivity contribution in [1.82, 2.24) is 9.78 Å². The van der Waals surface area contributed by atoms with E-state index in [-0.39, 0.29) is 6.07 Å². The lowest BCUT2D eigenvalue weighted by molar-refractivity contribution is -0.383. The third-order valence-electron chi connectivity index (χ3n) is 2.54. The van der Waals surface area contributed by atoms with Crippen LogP contribution in [0.2, 0.25) is 5.02 Å². The van der Waals surface area contributed by atoms with E-state index in [1.807, 2.05) is 0 Å². The number of rotatable bonds is 2. The fraction of sp³-hybridized carbons (Fsp3) is 0.100. The van der Waals surface area contributed by atoms with E-state index in [1.165, 1.54) is 0 Å². The van der Waals surface area contributed by atoms with Gasteiger partial charge in [-0.3, -0.25) is 10.1 Å². The van der Waals surface area contributed by atoms with Crippen LogP contribution in [-0.2, 0) is 6.18 Å². The molecule has 0 unspecified atom stereocenters. The van der Waals surface area contributed by atoms with Gasteiger partial charge in [-0.15, -0.1) is 0 Å². The number of nitrogen functional groups attached to an aromatic ring is 1. The zero-order chi connectivity index (χ0) is 15.9. The van der Waals surface area contributed by atoms with E-state index in [4.69, 9.17) is 17.3 Å². The normalized spacial score (nSPS) is 11.7. The Morgan fingerprint density at radius 3 is 2.43 bits per heavy atom. The average Bonchev–Trinajstić information content (AvgIpc) is 2.69. The van der Waals surface area contributed by atoms with Crippen LogP contribution in [0.1, 0.15) is 5.56 Å². The second kappa shape index (κ2) is 4.88. The Morgan fingerprint density at radius 1 is 1.38 bits per heavy atom. The molecule has 0 bridgehead atoms. The van der Waals surface area contributed by atoms with Gasteiger partial charge in [0.1, 0.15) is 11.9 Å². The minimum absolute atomic E-state index is 0.203. The number of nitro groups is 1. The summed E-state index contributed by atoms with van der Waals surface area (Å²) in [4.78, 5) is 9.75. The molecule has 0 fully saturated rings. The SMILES string of the molecule is Nc1c([N+](=O)[O-])cnn1-c1c(F)cc(C(F)(F)F)cc1Cl. The highest BCUT2D eigenvalue weighted by atomic mass is 35.5. The van der Waals surface area contributed by atoms with Crippen molar-refractivity contribution >= 4 is 23.1 Å². The molecule has 0 aliphatic rings. The molecule has 1 heterocycles. The molecule has 21 heavy (non-hydrogen) atoms. The smallest absolute Gasteiger partial charge is 0.378 e. The minimum Gasteiger partial charge on any atom is -0.378 e. The van der Waals surface area contributed by atoms with Crippen LogP contribution in [0.25, 0.3) is 5.69 Å². The largest absolute Gasteiger partial charge is 0.416 e. The first-order valence-electron chi connectivity index (χ1n) is 5.17. The molecule has 1 aromatic carbocycles. The first-order valence-corrected chi connectivity index (χ1v) is 5.55. The predicted molar refractivity (Wildman–Crippen MR) is 64.6 cm³/mol. The summed E-state index contributed by atoms with van der Waals surface area (Å²) < 4.78 is 51.9. The number of aromatic nitrogens is 2. The molecular weight excluding hydrogens is 320 g/mol. The third kappa shape index (κ3) is 2.61. The van der Waals surface area contributed by atoms with Crippen molar-refractivity contribution in [3.8, 4) is 5.69 Å². The average molecular weight is 325 g/mol. The molecule has 2 aromatic rings. The molecule has 0 spiro atoms. The fourth-order valence-corrected chi connectivity index (χ4v) is 1.89. The highest BCUT2D eigenvalue weighted by Gasteiger charge is 2.33. The minimum atomic E-state index is -4.79. The Morgan fingerprint density at radius 2 is 2.00 bits per heavy atom. The zero-order valence-corrected chi connectivity index (χ0v) is 10.6. The van der Waals surface area contributed by atoms with Crippen molar-refractivity contribution in [2.24, 2.45) is 0 Å². The first kappa shape index (κ1) is 15.0. The van der Waals surface area contributed by atoms with Crippen LogP contribution in [0.4, 0.5) is 29.1 Å². The number of nitrogens with two attached hydrogens (primary N) is 1. The molecule has 11 heteroatoms. The number of benzene rings is 1. The van der Waals surface area contributed by atoms with Crippen LogP contribution in [0.5, 0.6) is 0 Å². The van der Waals surface area contributed by atoms with Gasteiger partial charge in [0.05, 0.1) is 15.5 Å². The van der Waals surface area contributed by atoms with Crippen molar-refractivity contribution in [3.63, 3.8) is 0 Å². The number of nitrogens with zero attached hydrogens (tertiary/aromatic N) is 3. The molecule has 2 N–H and O–H groups in total. The molecule has 0 saturated carbocycles. The molecule has 0 atom stereocenters. The maximum atomic E-state index is 13.8. The monoisotopic (exact) mass is 324 g/mol. The summed E-state index contributed by atoms with van der Waals surface area (Å²) in [5.41, 5.74) is 2.89. The van der Waals surface area contributed by atoms with E-state index < -0.39 is 44.7 Å². The lowest BCUT2D eigenvalue weighted by Gasteiger charge is -2.12. The summed E-state index contributed by atoms with van der Waals surface area (Å²) in [6, 6.07) is 0.682. The number of hydrogen-bond donors (Lipinski definition) is 1. The lowest BCUT2D eigenvalue weighted by atomic mass is 10.2. The molecule has 0 aliphatic carbocycles. The maximum Gasteiger partial charge on any atom is 0.416 e. The Kier molecular flexibility index (Phi) is 3.49. The summed E-state index contributed by atoms with van der Waals surface area (Å²) in [6.45, 7) is 0. The predicted octanol–water partition coefficient (Wildman–Crippen LogP) is 3.17. The topological polar surface area (TPSA) is 87.0 Å². The van der Waals surface area contributed by atoms with Crippen LogP contribution < -0.4 is 5.73 Å². The number of hydrogen-bond acceptors (Lipinski definition) is 4. The van der Waals surface area contributed by atoms with Crippen LogP contribution in [0.15, 0.2) is 18.3 Å². The van der Waals surface area contributed by atoms with E-state index in [0.29, 0.717) is 10.7 Å². The second-order valence-electron chi connectivity index (χ2n) is 3.87. The molecule has 1 aromatic heterocycles. The standard InChI is InChI=1S/C10H5ClF4N4O2/c11-5-1-4(10(13,14)15)2-6(12)8(5)18-9(16)7(3-17-18)19(20)21/h1-3H,16H2. The third-order valence-corrected chi connectivity index (χ3v) is 2.83. The van der Waals surface area contributed by atoms with Gasteiger partial charge in [-0.1, -0.05) is 11.6 Å². The number of alkyl halides is 3. The zero-order valence-electron chi connectivity index (χ0n) is 9.86. The first-order chi connectivity index (χ1) is 9.62. The fourth-order valence-electron chi connectivity index (χ4n) is 1.60. The summed E-state index contributed by atoms with van der Waals surface area (Å²) in [7, 11) is 0.